The van der Waals surface area contributed by atoms with E-state index in [2.05, 4.69) is 0 Å². The van der Waals surface area contributed by atoms with Gasteiger partial charge in [-0.1, -0.05) is 19.1 Å². The van der Waals surface area contributed by atoms with E-state index in [9.17, 15) is 19.7 Å². The monoisotopic (exact) mass is 292 g/mol. The summed E-state index contributed by atoms with van der Waals surface area (Å²) >= 11 is 0. The number of nitro groups is 1. The SMILES string of the molecule is CC1CN(C(=O)c2ccccc2[N+](=O)[O-])CCC1C(=O)O. The topological polar surface area (TPSA) is 101 Å². The number of hydrogen-bond acceptors (Lipinski definition) is 4. The average molecular weight is 292 g/mol. The molecular weight excluding hydrogens is 276 g/mol. The van der Waals surface area contributed by atoms with Crippen molar-refractivity contribution in [3.8, 4) is 0 Å². The standard InChI is InChI=1S/C14H16N2O5/c1-9-8-15(7-6-10(9)14(18)19)13(17)11-4-2-3-5-12(11)16(20)21/h2-5,9-10H,6-8H2,1H3,(H,18,19). The molecule has 0 aromatic heterocycles. The highest BCUT2D eigenvalue weighted by Crippen LogP contribution is 2.26. The zero-order valence-corrected chi connectivity index (χ0v) is 11.6. The molecule has 2 unspecified atom stereocenters. The molecule has 21 heavy (non-hydrogen) atoms. The van der Waals surface area contributed by atoms with Crippen molar-refractivity contribution in [2.24, 2.45) is 11.8 Å². The third-order valence-corrected chi connectivity index (χ3v) is 3.84. The summed E-state index contributed by atoms with van der Waals surface area (Å²) in [6.07, 6.45) is 0.364. The van der Waals surface area contributed by atoms with E-state index in [-0.39, 0.29) is 17.2 Å². The number of carboxylic acids is 1. The van der Waals surface area contributed by atoms with E-state index in [1.807, 2.05) is 0 Å². The van der Waals surface area contributed by atoms with E-state index >= 15 is 0 Å². The number of nitro benzene ring substituents is 1. The number of piperidine rings is 1. The van der Waals surface area contributed by atoms with Gasteiger partial charge in [0.1, 0.15) is 5.56 Å². The lowest BCUT2D eigenvalue weighted by atomic mass is 9.87. The molecule has 1 aliphatic heterocycles. The van der Waals surface area contributed by atoms with Gasteiger partial charge in [0, 0.05) is 19.2 Å². The first-order chi connectivity index (χ1) is 9.91. The molecule has 2 atom stereocenters. The predicted molar refractivity (Wildman–Crippen MR) is 73.9 cm³/mol. The molecule has 1 aromatic carbocycles. The Morgan fingerprint density at radius 1 is 1.38 bits per heavy atom. The molecule has 0 saturated carbocycles. The molecule has 1 saturated heterocycles. The molecule has 0 aliphatic carbocycles. The zero-order valence-electron chi connectivity index (χ0n) is 11.6. The van der Waals surface area contributed by atoms with Gasteiger partial charge in [0.2, 0.25) is 0 Å². The highest BCUT2D eigenvalue weighted by molar-refractivity contribution is 5.98. The summed E-state index contributed by atoms with van der Waals surface area (Å²) in [4.78, 5) is 35.4. The highest BCUT2D eigenvalue weighted by atomic mass is 16.6. The number of carboxylic acid groups (broad SMARTS) is 1. The second-order valence-corrected chi connectivity index (χ2v) is 5.24. The number of aliphatic carboxylic acids is 1. The molecular formula is C14H16N2O5. The summed E-state index contributed by atoms with van der Waals surface area (Å²) in [7, 11) is 0. The van der Waals surface area contributed by atoms with Crippen LogP contribution in [-0.4, -0.2) is 39.9 Å². The second-order valence-electron chi connectivity index (χ2n) is 5.24. The third kappa shape index (κ3) is 3.01. The maximum atomic E-state index is 12.4. The molecule has 2 rings (SSSR count). The first-order valence-electron chi connectivity index (χ1n) is 6.67. The van der Waals surface area contributed by atoms with Gasteiger partial charge >= 0.3 is 5.97 Å². The molecule has 1 fully saturated rings. The lowest BCUT2D eigenvalue weighted by Crippen LogP contribution is -2.45. The van der Waals surface area contributed by atoms with Crippen LogP contribution in [0.2, 0.25) is 0 Å². The van der Waals surface area contributed by atoms with Gasteiger partial charge in [-0.05, 0) is 18.4 Å². The molecule has 0 bridgehead atoms. The number of benzene rings is 1. The van der Waals surface area contributed by atoms with E-state index in [0.717, 1.165) is 0 Å². The molecule has 1 aromatic rings. The fourth-order valence-electron chi connectivity index (χ4n) is 2.68. The minimum Gasteiger partial charge on any atom is -0.481 e. The maximum Gasteiger partial charge on any atom is 0.306 e. The molecule has 112 valence electrons. The Hall–Kier alpha value is -2.44. The normalized spacial score (nSPS) is 21.9. The third-order valence-electron chi connectivity index (χ3n) is 3.84. The molecule has 7 nitrogen and oxygen atoms in total. The lowest BCUT2D eigenvalue weighted by Gasteiger charge is -2.34. The van der Waals surface area contributed by atoms with Crippen LogP contribution < -0.4 is 0 Å². The van der Waals surface area contributed by atoms with Crippen LogP contribution in [0.1, 0.15) is 23.7 Å². The molecule has 1 N–H and O–H groups in total. The maximum absolute atomic E-state index is 12.4. The van der Waals surface area contributed by atoms with Crippen molar-refractivity contribution in [2.45, 2.75) is 13.3 Å². The Bertz CT molecular complexity index is 586. The van der Waals surface area contributed by atoms with Crippen LogP contribution in [0.3, 0.4) is 0 Å². The number of likely N-dealkylation sites (tertiary alicyclic amines) is 1. The van der Waals surface area contributed by atoms with E-state index in [1.54, 1.807) is 13.0 Å². The Morgan fingerprint density at radius 3 is 2.62 bits per heavy atom. The Labute approximate surface area is 121 Å². The van der Waals surface area contributed by atoms with Crippen molar-refractivity contribution in [3.05, 3.63) is 39.9 Å². The Morgan fingerprint density at radius 2 is 2.05 bits per heavy atom. The fraction of sp³-hybridized carbons (Fsp3) is 0.429. The minimum absolute atomic E-state index is 0.0449. The van der Waals surface area contributed by atoms with Gasteiger partial charge in [0.05, 0.1) is 10.8 Å². The van der Waals surface area contributed by atoms with Crippen LogP contribution in [0, 0.1) is 22.0 Å². The number of rotatable bonds is 3. The van der Waals surface area contributed by atoms with Gasteiger partial charge < -0.3 is 10.0 Å². The van der Waals surface area contributed by atoms with Gasteiger partial charge in [-0.3, -0.25) is 19.7 Å². The number of para-hydroxylation sites is 1. The number of carbonyl (C=O) groups is 2. The van der Waals surface area contributed by atoms with E-state index in [0.29, 0.717) is 19.5 Å². The van der Waals surface area contributed by atoms with Crippen molar-refractivity contribution in [3.63, 3.8) is 0 Å². The Kier molecular flexibility index (Phi) is 4.21. The van der Waals surface area contributed by atoms with Gasteiger partial charge in [0.15, 0.2) is 0 Å². The van der Waals surface area contributed by atoms with Crippen molar-refractivity contribution in [2.75, 3.05) is 13.1 Å². The number of amides is 1. The minimum atomic E-state index is -0.861. The molecule has 7 heteroatoms. The summed E-state index contributed by atoms with van der Waals surface area (Å²) in [5.41, 5.74) is -0.181. The summed E-state index contributed by atoms with van der Waals surface area (Å²) in [5.74, 6) is -1.93. The lowest BCUT2D eigenvalue weighted by molar-refractivity contribution is -0.385. The molecule has 0 radical (unpaired) electrons. The number of hydrogen-bond donors (Lipinski definition) is 1. The average Bonchev–Trinajstić information content (AvgIpc) is 2.45. The molecule has 1 heterocycles. The summed E-state index contributed by atoms with van der Waals surface area (Å²) < 4.78 is 0. The van der Waals surface area contributed by atoms with E-state index in [1.165, 1.54) is 23.1 Å². The Balaban J connectivity index is 2.19. The molecule has 1 aliphatic rings. The zero-order chi connectivity index (χ0) is 15.6. The largest absolute Gasteiger partial charge is 0.481 e. The van der Waals surface area contributed by atoms with Gasteiger partial charge in [0.25, 0.3) is 11.6 Å². The quantitative estimate of drug-likeness (QED) is 0.676. The number of nitrogens with zero attached hydrogens (tertiary/aromatic N) is 2. The summed E-state index contributed by atoms with van der Waals surface area (Å²) in [6.45, 7) is 2.37. The van der Waals surface area contributed by atoms with Crippen molar-refractivity contribution < 1.29 is 19.6 Å². The van der Waals surface area contributed by atoms with Crippen LogP contribution in [0.25, 0.3) is 0 Å². The first kappa shape index (κ1) is 15.0. The van der Waals surface area contributed by atoms with Gasteiger partial charge in [-0.2, -0.15) is 0 Å². The van der Waals surface area contributed by atoms with Gasteiger partial charge in [-0.15, -0.1) is 0 Å². The predicted octanol–water partition coefficient (Wildman–Crippen LogP) is 1.78. The smallest absolute Gasteiger partial charge is 0.306 e. The van der Waals surface area contributed by atoms with Crippen molar-refractivity contribution >= 4 is 17.6 Å². The highest BCUT2D eigenvalue weighted by Gasteiger charge is 2.34. The second kappa shape index (κ2) is 5.90. The number of carbonyl (C=O) groups excluding carboxylic acids is 1. The fourth-order valence-corrected chi connectivity index (χ4v) is 2.68. The summed E-state index contributed by atoms with van der Waals surface area (Å²) in [5, 5.41) is 20.0. The van der Waals surface area contributed by atoms with E-state index < -0.39 is 22.7 Å². The van der Waals surface area contributed by atoms with Crippen LogP contribution in [0.4, 0.5) is 5.69 Å². The van der Waals surface area contributed by atoms with Crippen LogP contribution >= 0.6 is 0 Å². The van der Waals surface area contributed by atoms with E-state index in [4.69, 9.17) is 5.11 Å². The van der Waals surface area contributed by atoms with Crippen LogP contribution in [0.15, 0.2) is 24.3 Å². The van der Waals surface area contributed by atoms with Crippen molar-refractivity contribution in [1.29, 1.82) is 0 Å². The van der Waals surface area contributed by atoms with Crippen molar-refractivity contribution in [1.82, 2.24) is 4.90 Å². The first-order valence-corrected chi connectivity index (χ1v) is 6.67. The molecule has 0 spiro atoms. The van der Waals surface area contributed by atoms with Gasteiger partial charge in [-0.25, -0.2) is 0 Å². The van der Waals surface area contributed by atoms with Crippen LogP contribution in [0.5, 0.6) is 0 Å². The summed E-state index contributed by atoms with van der Waals surface area (Å²) in [6, 6.07) is 5.80. The van der Waals surface area contributed by atoms with Crippen LogP contribution in [-0.2, 0) is 4.79 Å². The molecule has 1 amide bonds.